The first-order valence-electron chi connectivity index (χ1n) is 5.17. The standard InChI is InChI=1S/C11H14ClN3S/c1-3-8-4-5-9(16-8)6-15-11(13)10(12)7(2)14-15/h4-5H,3,6,13H2,1-2H3. The van der Waals surface area contributed by atoms with Crippen molar-refractivity contribution in [3.8, 4) is 0 Å². The van der Waals surface area contributed by atoms with Gasteiger partial charge in [0.2, 0.25) is 0 Å². The van der Waals surface area contributed by atoms with Crippen LogP contribution in [0.25, 0.3) is 0 Å². The van der Waals surface area contributed by atoms with Crippen LogP contribution in [0.15, 0.2) is 12.1 Å². The van der Waals surface area contributed by atoms with Crippen molar-refractivity contribution < 1.29 is 0 Å². The largest absolute Gasteiger partial charge is 0.383 e. The molecule has 0 aliphatic rings. The Morgan fingerprint density at radius 2 is 2.12 bits per heavy atom. The molecule has 0 fully saturated rings. The fourth-order valence-corrected chi connectivity index (χ4v) is 2.62. The molecule has 2 heterocycles. The van der Waals surface area contributed by atoms with Crippen molar-refractivity contribution in [1.82, 2.24) is 9.78 Å². The van der Waals surface area contributed by atoms with Crippen LogP contribution in [0.1, 0.15) is 22.4 Å². The number of aromatic nitrogens is 2. The van der Waals surface area contributed by atoms with E-state index in [1.54, 1.807) is 16.0 Å². The third kappa shape index (κ3) is 2.08. The number of hydrogen-bond donors (Lipinski definition) is 1. The SMILES string of the molecule is CCc1ccc(Cn2nc(C)c(Cl)c2N)s1. The van der Waals surface area contributed by atoms with E-state index in [0.29, 0.717) is 17.4 Å². The Labute approximate surface area is 104 Å². The fourth-order valence-electron chi connectivity index (χ4n) is 1.54. The highest BCUT2D eigenvalue weighted by Gasteiger charge is 2.10. The average molecular weight is 256 g/mol. The van der Waals surface area contributed by atoms with E-state index < -0.39 is 0 Å². The normalized spacial score (nSPS) is 10.9. The number of nitrogens with two attached hydrogens (primary N) is 1. The topological polar surface area (TPSA) is 43.8 Å². The van der Waals surface area contributed by atoms with Crippen LogP contribution in [0.3, 0.4) is 0 Å². The molecule has 0 amide bonds. The number of aryl methyl sites for hydroxylation is 2. The van der Waals surface area contributed by atoms with E-state index >= 15 is 0 Å². The number of halogens is 1. The molecular weight excluding hydrogens is 242 g/mol. The van der Waals surface area contributed by atoms with Crippen molar-refractivity contribution in [3.63, 3.8) is 0 Å². The van der Waals surface area contributed by atoms with Gasteiger partial charge in [-0.1, -0.05) is 18.5 Å². The molecule has 2 rings (SSSR count). The molecule has 3 nitrogen and oxygen atoms in total. The molecule has 0 unspecified atom stereocenters. The van der Waals surface area contributed by atoms with Crippen LogP contribution in [0.2, 0.25) is 5.02 Å². The first-order valence-corrected chi connectivity index (χ1v) is 6.37. The highest BCUT2D eigenvalue weighted by atomic mass is 35.5. The summed E-state index contributed by atoms with van der Waals surface area (Å²) in [6.45, 7) is 4.71. The second-order valence-corrected chi connectivity index (χ2v) is 5.29. The third-order valence-electron chi connectivity index (χ3n) is 2.46. The summed E-state index contributed by atoms with van der Waals surface area (Å²) in [5.41, 5.74) is 6.65. The van der Waals surface area contributed by atoms with Gasteiger partial charge < -0.3 is 5.73 Å². The third-order valence-corrected chi connectivity index (χ3v) is 4.14. The van der Waals surface area contributed by atoms with Gasteiger partial charge in [-0.15, -0.1) is 11.3 Å². The number of rotatable bonds is 3. The molecule has 0 saturated heterocycles. The molecule has 0 saturated carbocycles. The van der Waals surface area contributed by atoms with Gasteiger partial charge in [0.15, 0.2) is 0 Å². The highest BCUT2D eigenvalue weighted by Crippen LogP contribution is 2.24. The second-order valence-electron chi connectivity index (χ2n) is 3.66. The van der Waals surface area contributed by atoms with E-state index in [1.165, 1.54) is 9.75 Å². The number of nitrogen functional groups attached to an aromatic ring is 1. The van der Waals surface area contributed by atoms with Gasteiger partial charge >= 0.3 is 0 Å². The van der Waals surface area contributed by atoms with Crippen molar-refractivity contribution in [2.24, 2.45) is 0 Å². The summed E-state index contributed by atoms with van der Waals surface area (Å²) in [4.78, 5) is 2.63. The molecule has 0 spiro atoms. The van der Waals surface area contributed by atoms with E-state index in [2.05, 4.69) is 24.2 Å². The van der Waals surface area contributed by atoms with E-state index in [1.807, 2.05) is 6.92 Å². The van der Waals surface area contributed by atoms with Crippen LogP contribution >= 0.6 is 22.9 Å². The van der Waals surface area contributed by atoms with Gasteiger partial charge in [0.1, 0.15) is 10.8 Å². The molecule has 0 atom stereocenters. The number of nitrogens with zero attached hydrogens (tertiary/aromatic N) is 2. The molecule has 2 aromatic heterocycles. The molecule has 0 aliphatic carbocycles. The van der Waals surface area contributed by atoms with Gasteiger partial charge in [-0.3, -0.25) is 0 Å². The zero-order valence-electron chi connectivity index (χ0n) is 9.33. The van der Waals surface area contributed by atoms with Crippen molar-refractivity contribution >= 4 is 28.8 Å². The zero-order chi connectivity index (χ0) is 11.7. The summed E-state index contributed by atoms with van der Waals surface area (Å²) in [5, 5.41) is 4.87. The van der Waals surface area contributed by atoms with Crippen LogP contribution in [0, 0.1) is 6.92 Å². The lowest BCUT2D eigenvalue weighted by atomic mass is 10.3. The lowest BCUT2D eigenvalue weighted by molar-refractivity contribution is 0.697. The summed E-state index contributed by atoms with van der Waals surface area (Å²) >= 11 is 7.78. The maximum Gasteiger partial charge on any atom is 0.141 e. The Morgan fingerprint density at radius 1 is 1.44 bits per heavy atom. The van der Waals surface area contributed by atoms with Gasteiger partial charge in [-0.25, -0.2) is 4.68 Å². The predicted molar refractivity (Wildman–Crippen MR) is 69.2 cm³/mol. The van der Waals surface area contributed by atoms with Gasteiger partial charge in [0.25, 0.3) is 0 Å². The number of anilines is 1. The molecular formula is C11H14ClN3S. The summed E-state index contributed by atoms with van der Waals surface area (Å²) in [7, 11) is 0. The summed E-state index contributed by atoms with van der Waals surface area (Å²) in [6.07, 6.45) is 1.07. The molecule has 0 aliphatic heterocycles. The van der Waals surface area contributed by atoms with Crippen molar-refractivity contribution in [2.45, 2.75) is 26.8 Å². The molecule has 2 N–H and O–H groups in total. The van der Waals surface area contributed by atoms with E-state index in [0.717, 1.165) is 12.1 Å². The second kappa shape index (κ2) is 4.47. The van der Waals surface area contributed by atoms with E-state index in [-0.39, 0.29) is 0 Å². The molecule has 16 heavy (non-hydrogen) atoms. The Balaban J connectivity index is 2.23. The summed E-state index contributed by atoms with van der Waals surface area (Å²) < 4.78 is 1.75. The first kappa shape index (κ1) is 11.5. The first-order chi connectivity index (χ1) is 7.61. The Hall–Kier alpha value is -1.000. The van der Waals surface area contributed by atoms with Crippen LogP contribution in [-0.2, 0) is 13.0 Å². The van der Waals surface area contributed by atoms with Crippen molar-refractivity contribution in [3.05, 3.63) is 32.6 Å². The lowest BCUT2D eigenvalue weighted by Crippen LogP contribution is -2.04. The predicted octanol–water partition coefficient (Wildman–Crippen LogP) is 3.10. The van der Waals surface area contributed by atoms with Gasteiger partial charge in [-0.2, -0.15) is 5.10 Å². The Morgan fingerprint density at radius 3 is 2.62 bits per heavy atom. The average Bonchev–Trinajstić information content (AvgIpc) is 2.81. The van der Waals surface area contributed by atoms with Gasteiger partial charge in [0, 0.05) is 9.75 Å². The molecule has 86 valence electrons. The maximum absolute atomic E-state index is 5.99. The molecule has 0 aromatic carbocycles. The van der Waals surface area contributed by atoms with Gasteiger partial charge in [0.05, 0.1) is 12.2 Å². The Kier molecular flexibility index (Phi) is 3.21. The lowest BCUT2D eigenvalue weighted by Gasteiger charge is -2.01. The molecule has 0 bridgehead atoms. The monoisotopic (exact) mass is 255 g/mol. The fraction of sp³-hybridized carbons (Fsp3) is 0.364. The van der Waals surface area contributed by atoms with E-state index in [4.69, 9.17) is 17.3 Å². The van der Waals surface area contributed by atoms with Crippen molar-refractivity contribution in [1.29, 1.82) is 0 Å². The Bertz CT molecular complexity index is 501. The van der Waals surface area contributed by atoms with E-state index in [9.17, 15) is 0 Å². The highest BCUT2D eigenvalue weighted by molar-refractivity contribution is 7.11. The van der Waals surface area contributed by atoms with Crippen LogP contribution < -0.4 is 5.73 Å². The minimum atomic E-state index is 0.547. The summed E-state index contributed by atoms with van der Waals surface area (Å²) in [5.74, 6) is 0.547. The number of thiophene rings is 1. The maximum atomic E-state index is 5.99. The molecule has 0 radical (unpaired) electrons. The van der Waals surface area contributed by atoms with Crippen LogP contribution in [0.5, 0.6) is 0 Å². The van der Waals surface area contributed by atoms with Crippen LogP contribution in [-0.4, -0.2) is 9.78 Å². The van der Waals surface area contributed by atoms with Gasteiger partial charge in [-0.05, 0) is 25.5 Å². The number of hydrogen-bond acceptors (Lipinski definition) is 3. The van der Waals surface area contributed by atoms with Crippen molar-refractivity contribution in [2.75, 3.05) is 5.73 Å². The molecule has 5 heteroatoms. The smallest absolute Gasteiger partial charge is 0.141 e. The van der Waals surface area contributed by atoms with Crippen LogP contribution in [0.4, 0.5) is 5.82 Å². The summed E-state index contributed by atoms with van der Waals surface area (Å²) in [6, 6.07) is 4.27. The molecule has 2 aromatic rings. The minimum Gasteiger partial charge on any atom is -0.383 e. The quantitative estimate of drug-likeness (QED) is 0.916. The minimum absolute atomic E-state index is 0.547. The zero-order valence-corrected chi connectivity index (χ0v) is 10.9.